The number of unbranched alkanes of at least 4 members (excludes halogenated alkanes) is 1. The van der Waals surface area contributed by atoms with Crippen molar-refractivity contribution in [2.24, 2.45) is 0 Å². The lowest BCUT2D eigenvalue weighted by Gasteiger charge is -1.99. The van der Waals surface area contributed by atoms with Gasteiger partial charge in [-0.15, -0.1) is 0 Å². The minimum Gasteiger partial charge on any atom is -0.171 e. The van der Waals surface area contributed by atoms with E-state index in [0.29, 0.717) is 0 Å². The van der Waals surface area contributed by atoms with E-state index in [1.54, 1.807) is 6.08 Å². The maximum atomic E-state index is 11.4. The summed E-state index contributed by atoms with van der Waals surface area (Å²) in [6.07, 6.45) is -0.474. The summed E-state index contributed by atoms with van der Waals surface area (Å²) in [5, 5.41) is 0. The van der Waals surface area contributed by atoms with Crippen molar-refractivity contribution in [2.45, 2.75) is 32.4 Å². The molecule has 0 aliphatic heterocycles. The van der Waals surface area contributed by atoms with Gasteiger partial charge in [0.15, 0.2) is 0 Å². The van der Waals surface area contributed by atoms with Crippen molar-refractivity contribution < 1.29 is 13.2 Å². The van der Waals surface area contributed by atoms with Gasteiger partial charge in [0.05, 0.1) is 6.42 Å². The average Bonchev–Trinajstić information content (AvgIpc) is 1.78. The van der Waals surface area contributed by atoms with Crippen LogP contribution < -0.4 is 0 Å². The first-order chi connectivity index (χ1) is 4.56. The Balaban J connectivity index is 3.34. The summed E-state index contributed by atoms with van der Waals surface area (Å²) in [5.74, 6) is 0. The molecule has 0 atom stereocenters. The molecule has 3 heteroatoms. The molecule has 0 nitrogen and oxygen atoms in total. The Hall–Kier alpha value is -0.470. The van der Waals surface area contributed by atoms with Crippen LogP contribution in [0, 0.1) is 0 Å². The summed E-state index contributed by atoms with van der Waals surface area (Å²) in [4.78, 5) is 0. The highest BCUT2D eigenvalue weighted by Crippen LogP contribution is 2.19. The van der Waals surface area contributed by atoms with Crippen LogP contribution in [0.2, 0.25) is 0 Å². The number of hydrogen-bond donors (Lipinski definition) is 0. The summed E-state index contributed by atoms with van der Waals surface area (Å²) in [5.41, 5.74) is 0. The minimum absolute atomic E-state index is 0.732. The number of allylic oxidation sites excluding steroid dienone is 2. The molecular weight excluding hydrogens is 141 g/mol. The smallest absolute Gasteiger partial charge is 0.171 e. The fraction of sp³-hybridized carbons (Fsp3) is 0.714. The van der Waals surface area contributed by atoms with Crippen LogP contribution in [0.4, 0.5) is 13.2 Å². The van der Waals surface area contributed by atoms with E-state index in [9.17, 15) is 13.2 Å². The molecular formula is C7H11F3. The third-order valence-corrected chi connectivity index (χ3v) is 0.971. The van der Waals surface area contributed by atoms with Crippen LogP contribution in [0.15, 0.2) is 12.2 Å². The van der Waals surface area contributed by atoms with Crippen LogP contribution in [0.1, 0.15) is 26.2 Å². The minimum atomic E-state index is -4.04. The van der Waals surface area contributed by atoms with E-state index in [4.69, 9.17) is 0 Å². The van der Waals surface area contributed by atoms with Gasteiger partial charge in [-0.1, -0.05) is 25.5 Å². The van der Waals surface area contributed by atoms with Crippen molar-refractivity contribution in [3.8, 4) is 0 Å². The highest BCUT2D eigenvalue weighted by atomic mass is 19.4. The molecule has 10 heavy (non-hydrogen) atoms. The van der Waals surface area contributed by atoms with E-state index < -0.39 is 12.6 Å². The lowest BCUT2D eigenvalue weighted by molar-refractivity contribution is -0.125. The van der Waals surface area contributed by atoms with Gasteiger partial charge in [0, 0.05) is 0 Å². The first-order valence-electron chi connectivity index (χ1n) is 3.28. The van der Waals surface area contributed by atoms with Crippen molar-refractivity contribution in [2.75, 3.05) is 0 Å². The van der Waals surface area contributed by atoms with Crippen molar-refractivity contribution in [1.82, 2.24) is 0 Å². The third-order valence-electron chi connectivity index (χ3n) is 0.971. The molecule has 0 spiro atoms. The van der Waals surface area contributed by atoms with Gasteiger partial charge in [-0.3, -0.25) is 0 Å². The zero-order valence-corrected chi connectivity index (χ0v) is 5.91. The van der Waals surface area contributed by atoms with Crippen molar-refractivity contribution >= 4 is 0 Å². The second-order valence-corrected chi connectivity index (χ2v) is 2.08. The summed E-state index contributed by atoms with van der Waals surface area (Å²) in [6.45, 7) is 1.93. The van der Waals surface area contributed by atoms with E-state index in [-0.39, 0.29) is 0 Å². The largest absolute Gasteiger partial charge is 0.392 e. The van der Waals surface area contributed by atoms with Gasteiger partial charge >= 0.3 is 6.18 Å². The molecule has 0 N–H and O–H groups in total. The molecule has 60 valence electrons. The first-order valence-corrected chi connectivity index (χ1v) is 3.28. The Morgan fingerprint density at radius 3 is 2.20 bits per heavy atom. The molecule has 0 rings (SSSR count). The van der Waals surface area contributed by atoms with Gasteiger partial charge in [-0.25, -0.2) is 0 Å². The predicted octanol–water partition coefficient (Wildman–Crippen LogP) is 3.30. The second-order valence-electron chi connectivity index (χ2n) is 2.08. The highest BCUT2D eigenvalue weighted by Gasteiger charge is 2.24. The van der Waals surface area contributed by atoms with Crippen molar-refractivity contribution in [1.29, 1.82) is 0 Å². The average molecular weight is 152 g/mol. The Morgan fingerprint density at radius 2 is 1.80 bits per heavy atom. The molecule has 0 aliphatic carbocycles. The maximum absolute atomic E-state index is 11.4. The molecule has 0 bridgehead atoms. The molecule has 0 radical (unpaired) electrons. The lowest BCUT2D eigenvalue weighted by atomic mass is 10.3. The fourth-order valence-electron chi connectivity index (χ4n) is 0.501. The Labute approximate surface area is 58.7 Å². The molecule has 0 saturated heterocycles. The number of hydrogen-bond acceptors (Lipinski definition) is 0. The van der Waals surface area contributed by atoms with Crippen LogP contribution in [0.5, 0.6) is 0 Å². The molecule has 0 aromatic heterocycles. The first kappa shape index (κ1) is 9.53. The van der Waals surface area contributed by atoms with Crippen molar-refractivity contribution in [3.05, 3.63) is 12.2 Å². The van der Waals surface area contributed by atoms with Crippen molar-refractivity contribution in [3.63, 3.8) is 0 Å². The summed E-state index contributed by atoms with van der Waals surface area (Å²) < 4.78 is 34.3. The maximum Gasteiger partial charge on any atom is 0.392 e. The molecule has 0 fully saturated rings. The van der Waals surface area contributed by atoms with Crippen LogP contribution in [0.25, 0.3) is 0 Å². The zero-order valence-electron chi connectivity index (χ0n) is 5.91. The number of rotatable bonds is 3. The molecule has 0 saturated carbocycles. The molecule has 0 aromatic rings. The third kappa shape index (κ3) is 7.53. The topological polar surface area (TPSA) is 0 Å². The van der Waals surface area contributed by atoms with E-state index in [1.165, 1.54) is 6.08 Å². The monoisotopic (exact) mass is 152 g/mol. The number of alkyl halides is 3. The Morgan fingerprint density at radius 1 is 1.20 bits per heavy atom. The zero-order chi connectivity index (χ0) is 8.04. The Kier molecular flexibility index (Phi) is 4.16. The highest BCUT2D eigenvalue weighted by molar-refractivity contribution is 4.83. The molecule has 0 amide bonds. The second kappa shape index (κ2) is 4.36. The normalized spacial score (nSPS) is 12.8. The van der Waals surface area contributed by atoms with Gasteiger partial charge < -0.3 is 0 Å². The van der Waals surface area contributed by atoms with Gasteiger partial charge in [0.1, 0.15) is 0 Å². The quantitative estimate of drug-likeness (QED) is 0.544. The standard InChI is InChI=1S/C7H11F3/c1-2-3-4-5-6-7(8,9)10/h4-5H,2-3,6H2,1H3. The summed E-state index contributed by atoms with van der Waals surface area (Å²) >= 11 is 0. The molecule has 0 aromatic carbocycles. The SMILES string of the molecule is CCCC=CCC(F)(F)F. The summed E-state index contributed by atoms with van der Waals surface area (Å²) in [6, 6.07) is 0. The van der Waals surface area contributed by atoms with Gasteiger partial charge in [-0.05, 0) is 6.42 Å². The van der Waals surface area contributed by atoms with E-state index in [1.807, 2.05) is 6.92 Å². The van der Waals surface area contributed by atoms with Crippen LogP contribution in [-0.4, -0.2) is 6.18 Å². The lowest BCUT2D eigenvalue weighted by Crippen LogP contribution is -2.03. The fourth-order valence-corrected chi connectivity index (χ4v) is 0.501. The van der Waals surface area contributed by atoms with Crippen LogP contribution >= 0.6 is 0 Å². The van der Waals surface area contributed by atoms with Gasteiger partial charge in [0.2, 0.25) is 0 Å². The van der Waals surface area contributed by atoms with Crippen LogP contribution in [0.3, 0.4) is 0 Å². The van der Waals surface area contributed by atoms with E-state index >= 15 is 0 Å². The molecule has 0 heterocycles. The Bertz CT molecular complexity index is 102. The van der Waals surface area contributed by atoms with Gasteiger partial charge in [-0.2, -0.15) is 13.2 Å². The summed E-state index contributed by atoms with van der Waals surface area (Å²) in [7, 11) is 0. The van der Waals surface area contributed by atoms with Crippen LogP contribution in [-0.2, 0) is 0 Å². The molecule has 0 unspecified atom stereocenters. The number of halogens is 3. The molecule has 0 aliphatic rings. The van der Waals surface area contributed by atoms with E-state index in [0.717, 1.165) is 12.8 Å². The predicted molar refractivity (Wildman–Crippen MR) is 34.7 cm³/mol. The van der Waals surface area contributed by atoms with E-state index in [2.05, 4.69) is 0 Å². The van der Waals surface area contributed by atoms with Gasteiger partial charge in [0.25, 0.3) is 0 Å².